The molecule has 9 heteroatoms. The molecule has 0 saturated carbocycles. The number of hydrogen-bond acceptors (Lipinski definition) is 5. The highest BCUT2D eigenvalue weighted by Crippen LogP contribution is 2.23. The Bertz CT molecular complexity index is 689. The standard InChI is InChI=1S/C14H18ClNO6S/c1-3-5-16(9-13(17)18)23(20,21)12-7-10(6-11(15)8-12)14(19)22-4-2/h6-8H,3-5,9H2,1-2H3,(H,17,18). The first kappa shape index (κ1) is 19.4. The van der Waals surface area contributed by atoms with Crippen LogP contribution in [0, 0.1) is 0 Å². The van der Waals surface area contributed by atoms with Gasteiger partial charge in [-0.25, -0.2) is 13.2 Å². The quantitative estimate of drug-likeness (QED) is 0.709. The van der Waals surface area contributed by atoms with Gasteiger partial charge in [0.15, 0.2) is 0 Å². The lowest BCUT2D eigenvalue weighted by Gasteiger charge is -2.20. The number of rotatable bonds is 8. The van der Waals surface area contributed by atoms with E-state index < -0.39 is 28.5 Å². The van der Waals surface area contributed by atoms with Crippen molar-refractivity contribution < 1.29 is 27.9 Å². The van der Waals surface area contributed by atoms with Gasteiger partial charge in [-0.3, -0.25) is 4.79 Å². The number of esters is 1. The van der Waals surface area contributed by atoms with Crippen molar-refractivity contribution in [3.8, 4) is 0 Å². The van der Waals surface area contributed by atoms with Crippen LogP contribution in [0.2, 0.25) is 5.02 Å². The second-order valence-corrected chi connectivity index (χ2v) is 7.00. The van der Waals surface area contributed by atoms with Gasteiger partial charge in [0.25, 0.3) is 0 Å². The van der Waals surface area contributed by atoms with Gasteiger partial charge in [-0.2, -0.15) is 4.31 Å². The zero-order valence-corrected chi connectivity index (χ0v) is 14.4. The molecule has 0 amide bonds. The second kappa shape index (κ2) is 8.28. The maximum absolute atomic E-state index is 12.6. The number of aliphatic carboxylic acids is 1. The number of carboxylic acid groups (broad SMARTS) is 1. The molecule has 0 aliphatic rings. The van der Waals surface area contributed by atoms with Crippen LogP contribution in [0.1, 0.15) is 30.6 Å². The Kier molecular flexibility index (Phi) is 6.99. The van der Waals surface area contributed by atoms with E-state index in [1.807, 2.05) is 0 Å². The van der Waals surface area contributed by atoms with Gasteiger partial charge in [-0.1, -0.05) is 18.5 Å². The number of nitrogens with zero attached hydrogens (tertiary/aromatic N) is 1. The van der Waals surface area contributed by atoms with Gasteiger partial charge in [0.2, 0.25) is 10.0 Å². The maximum atomic E-state index is 12.6. The van der Waals surface area contributed by atoms with E-state index in [0.717, 1.165) is 10.4 Å². The molecule has 128 valence electrons. The first-order valence-electron chi connectivity index (χ1n) is 6.92. The molecule has 0 fully saturated rings. The molecule has 1 aromatic rings. The average molecular weight is 364 g/mol. The smallest absolute Gasteiger partial charge is 0.338 e. The molecule has 0 aliphatic heterocycles. The summed E-state index contributed by atoms with van der Waals surface area (Å²) < 4.78 is 30.8. The van der Waals surface area contributed by atoms with Crippen LogP contribution in [0.5, 0.6) is 0 Å². The minimum absolute atomic E-state index is 0.00954. The summed E-state index contributed by atoms with van der Waals surface area (Å²) in [5, 5.41) is 8.92. The molecule has 0 unspecified atom stereocenters. The summed E-state index contributed by atoms with van der Waals surface area (Å²) in [5.41, 5.74) is -0.00954. The Morgan fingerprint density at radius 1 is 1.26 bits per heavy atom. The van der Waals surface area contributed by atoms with Crippen LogP contribution in [-0.2, 0) is 19.6 Å². The fourth-order valence-electron chi connectivity index (χ4n) is 1.88. The fourth-order valence-corrected chi connectivity index (χ4v) is 3.73. The number of sulfonamides is 1. The largest absolute Gasteiger partial charge is 0.480 e. The molecule has 0 radical (unpaired) electrons. The monoisotopic (exact) mass is 363 g/mol. The van der Waals surface area contributed by atoms with Crippen LogP contribution in [0.15, 0.2) is 23.1 Å². The third-order valence-electron chi connectivity index (χ3n) is 2.80. The predicted octanol–water partition coefficient (Wildman–Crippen LogP) is 2.00. The number of carbonyl (C=O) groups excluding carboxylic acids is 1. The Labute approximate surface area is 139 Å². The summed E-state index contributed by atoms with van der Waals surface area (Å²) in [7, 11) is -4.09. The number of ether oxygens (including phenoxy) is 1. The van der Waals surface area contributed by atoms with E-state index in [1.165, 1.54) is 12.1 Å². The van der Waals surface area contributed by atoms with Crippen LogP contribution >= 0.6 is 11.6 Å². The topological polar surface area (TPSA) is 101 Å². The minimum atomic E-state index is -4.09. The maximum Gasteiger partial charge on any atom is 0.338 e. The molecule has 0 heterocycles. The zero-order chi connectivity index (χ0) is 17.6. The first-order valence-corrected chi connectivity index (χ1v) is 8.73. The van der Waals surface area contributed by atoms with Gasteiger partial charge in [0.1, 0.15) is 6.54 Å². The number of hydrogen-bond donors (Lipinski definition) is 1. The van der Waals surface area contributed by atoms with Crippen LogP contribution in [-0.4, -0.2) is 49.5 Å². The molecule has 0 spiro atoms. The van der Waals surface area contributed by atoms with Crippen molar-refractivity contribution in [1.82, 2.24) is 4.31 Å². The van der Waals surface area contributed by atoms with Crippen LogP contribution in [0.3, 0.4) is 0 Å². The summed E-state index contributed by atoms with van der Waals surface area (Å²) in [6.45, 7) is 2.85. The normalized spacial score (nSPS) is 11.5. The van der Waals surface area contributed by atoms with E-state index in [1.54, 1.807) is 13.8 Å². The third kappa shape index (κ3) is 5.19. The minimum Gasteiger partial charge on any atom is -0.480 e. The van der Waals surface area contributed by atoms with Gasteiger partial charge in [-0.05, 0) is 31.5 Å². The van der Waals surface area contributed by atoms with E-state index in [4.69, 9.17) is 21.4 Å². The van der Waals surface area contributed by atoms with Crippen molar-refractivity contribution in [2.45, 2.75) is 25.2 Å². The summed E-state index contributed by atoms with van der Waals surface area (Å²) in [4.78, 5) is 22.4. The predicted molar refractivity (Wildman–Crippen MR) is 84.1 cm³/mol. The summed E-state index contributed by atoms with van der Waals surface area (Å²) >= 11 is 5.88. The molecule has 0 aromatic heterocycles. The Hall–Kier alpha value is -1.64. The molecule has 1 rings (SSSR count). The van der Waals surface area contributed by atoms with Crippen molar-refractivity contribution in [2.75, 3.05) is 19.7 Å². The zero-order valence-electron chi connectivity index (χ0n) is 12.8. The van der Waals surface area contributed by atoms with Crippen molar-refractivity contribution in [2.24, 2.45) is 0 Å². The SMILES string of the molecule is CCCN(CC(=O)O)S(=O)(=O)c1cc(Cl)cc(C(=O)OCC)c1. The third-order valence-corrected chi connectivity index (χ3v) is 4.85. The molecule has 7 nitrogen and oxygen atoms in total. The number of halogens is 1. The molecular weight excluding hydrogens is 346 g/mol. The number of benzene rings is 1. The van der Waals surface area contributed by atoms with Gasteiger partial charge in [-0.15, -0.1) is 0 Å². The highest BCUT2D eigenvalue weighted by molar-refractivity contribution is 7.89. The Morgan fingerprint density at radius 2 is 1.91 bits per heavy atom. The van der Waals surface area contributed by atoms with Gasteiger partial charge >= 0.3 is 11.9 Å². The van der Waals surface area contributed by atoms with Gasteiger partial charge in [0, 0.05) is 11.6 Å². The summed E-state index contributed by atoms with van der Waals surface area (Å²) in [6.07, 6.45) is 0.442. The number of carboxylic acids is 1. The highest BCUT2D eigenvalue weighted by Gasteiger charge is 2.27. The van der Waals surface area contributed by atoms with Crippen LogP contribution in [0.25, 0.3) is 0 Å². The lowest BCUT2D eigenvalue weighted by Crippen LogP contribution is -2.36. The van der Waals surface area contributed by atoms with E-state index in [9.17, 15) is 18.0 Å². The average Bonchev–Trinajstić information content (AvgIpc) is 2.46. The lowest BCUT2D eigenvalue weighted by molar-refractivity contribution is -0.137. The Morgan fingerprint density at radius 3 is 2.43 bits per heavy atom. The number of carbonyl (C=O) groups is 2. The first-order chi connectivity index (χ1) is 10.7. The van der Waals surface area contributed by atoms with Crippen LogP contribution in [0.4, 0.5) is 0 Å². The molecule has 0 atom stereocenters. The van der Waals surface area contributed by atoms with E-state index in [-0.39, 0.29) is 28.6 Å². The second-order valence-electron chi connectivity index (χ2n) is 4.63. The van der Waals surface area contributed by atoms with Gasteiger partial charge in [0.05, 0.1) is 17.1 Å². The van der Waals surface area contributed by atoms with Crippen molar-refractivity contribution in [3.63, 3.8) is 0 Å². The molecule has 0 saturated heterocycles. The molecule has 0 aliphatic carbocycles. The highest BCUT2D eigenvalue weighted by atomic mass is 35.5. The lowest BCUT2D eigenvalue weighted by atomic mass is 10.2. The summed E-state index contributed by atoms with van der Waals surface area (Å²) in [6, 6.07) is 3.59. The Balaban J connectivity index is 3.30. The molecule has 1 aromatic carbocycles. The summed E-state index contributed by atoms with van der Waals surface area (Å²) in [5.74, 6) is -1.97. The molecule has 23 heavy (non-hydrogen) atoms. The van der Waals surface area contributed by atoms with Gasteiger partial charge < -0.3 is 9.84 Å². The van der Waals surface area contributed by atoms with Crippen LogP contribution < -0.4 is 0 Å². The van der Waals surface area contributed by atoms with Crippen molar-refractivity contribution >= 4 is 33.6 Å². The van der Waals surface area contributed by atoms with E-state index in [2.05, 4.69) is 0 Å². The van der Waals surface area contributed by atoms with Crippen molar-refractivity contribution in [1.29, 1.82) is 0 Å². The van der Waals surface area contributed by atoms with E-state index >= 15 is 0 Å². The van der Waals surface area contributed by atoms with E-state index in [0.29, 0.717) is 6.42 Å². The fraction of sp³-hybridized carbons (Fsp3) is 0.429. The molecular formula is C14H18ClNO6S. The van der Waals surface area contributed by atoms with Crippen molar-refractivity contribution in [3.05, 3.63) is 28.8 Å². The molecule has 0 bridgehead atoms. The molecule has 1 N–H and O–H groups in total.